The van der Waals surface area contributed by atoms with E-state index in [1.807, 2.05) is 180 Å². The standard InChI is InChI=1S/C16H28O2.2C16H30O2.C15H28O2.2C14H28O2.2C10H20O2/c1-7-14(2,3)13(17)18-12-10-11-8-9-16(12,6)15(11,4)5;1-8-16(6,7)13(17)18-12-9-14(2,3)11-15(4,5)10-12;1-7-16(5,6)14(17)18-13-10-8-12(9-11-13)15(2,3)4;1-7-15(5,6)13(16)17-12-10-14(3,4)9-8-11(12)2;2*1-6-9-10-12(7-2)11-16-13(15)14(4,5)8-3;1-6-10(4,5)9(11)12-7-8(2)3;1-5-7-8-12-9(11)10(3,4)6-2/h11-12H,7-10H2,1-6H3;12H,8-11H2,1-7H3;12-13H,7-11H2,1-6H3;11-12H,7-10H2,1-6H3;2*12H,6-11H2,1-5H3;8H,6-7H2,1-5H3;5-8H2,1-4H3. The summed E-state index contributed by atoms with van der Waals surface area (Å²) in [4.78, 5) is 94.8. The highest BCUT2D eigenvalue weighted by Crippen LogP contribution is 2.66. The molecular weight excluding hydrogens is 1590 g/mol. The molecule has 0 aliphatic heterocycles. The second kappa shape index (κ2) is 56.8. The first-order valence-electron chi connectivity index (χ1n) is 51.4. The fourth-order valence-electron chi connectivity index (χ4n) is 15.9. The number of ether oxygens (including phenoxy) is 8. The van der Waals surface area contributed by atoms with Gasteiger partial charge in [0, 0.05) is 5.41 Å². The molecular formula is C111H212O16. The van der Waals surface area contributed by atoms with Crippen LogP contribution in [0.25, 0.3) is 0 Å². The van der Waals surface area contributed by atoms with E-state index in [9.17, 15) is 38.4 Å². The molecule has 7 atom stereocenters. The van der Waals surface area contributed by atoms with E-state index in [0.717, 1.165) is 134 Å². The van der Waals surface area contributed by atoms with Crippen molar-refractivity contribution < 1.29 is 76.3 Å². The van der Waals surface area contributed by atoms with Gasteiger partial charge in [-0.2, -0.15) is 0 Å². The van der Waals surface area contributed by atoms with Gasteiger partial charge in [-0.3, -0.25) is 38.4 Å². The molecule has 0 spiro atoms. The first-order valence-corrected chi connectivity index (χ1v) is 51.4. The normalized spacial score (nSPS) is 21.9. The number of esters is 8. The molecule has 752 valence electrons. The van der Waals surface area contributed by atoms with Crippen LogP contribution in [0.2, 0.25) is 0 Å². The Balaban J connectivity index is -0.00000139. The minimum absolute atomic E-state index is 0.0143. The Morgan fingerprint density at radius 3 is 0.976 bits per heavy atom. The summed E-state index contributed by atoms with van der Waals surface area (Å²) in [6, 6.07) is 0. The molecule has 16 heteroatoms. The Labute approximate surface area is 785 Å². The lowest BCUT2D eigenvalue weighted by molar-refractivity contribution is -0.168. The number of unbranched alkanes of at least 4 members (excludes halogenated alkanes) is 3. The van der Waals surface area contributed by atoms with Crippen LogP contribution in [0.5, 0.6) is 0 Å². The van der Waals surface area contributed by atoms with E-state index in [-0.39, 0.29) is 132 Å². The Hall–Kier alpha value is -4.24. The van der Waals surface area contributed by atoms with Gasteiger partial charge in [-0.25, -0.2) is 0 Å². The van der Waals surface area contributed by atoms with Gasteiger partial charge in [-0.15, -0.1) is 0 Å². The maximum Gasteiger partial charge on any atom is 0.311 e. The van der Waals surface area contributed by atoms with Crippen LogP contribution in [0.1, 0.15) is 504 Å². The number of hydrogen-bond donors (Lipinski definition) is 0. The van der Waals surface area contributed by atoms with E-state index < -0.39 is 0 Å². The molecule has 0 radical (unpaired) electrons. The fourth-order valence-corrected chi connectivity index (χ4v) is 15.9. The Bertz CT molecular complexity index is 3060. The van der Waals surface area contributed by atoms with Crippen molar-refractivity contribution >= 4 is 47.8 Å². The van der Waals surface area contributed by atoms with Gasteiger partial charge in [0.2, 0.25) is 0 Å². The minimum atomic E-state index is -0.355. The van der Waals surface area contributed by atoms with Gasteiger partial charge in [-0.05, 0) is 327 Å². The maximum absolute atomic E-state index is 12.3. The quantitative estimate of drug-likeness (QED) is 0.0322. The highest BCUT2D eigenvalue weighted by molar-refractivity contribution is 5.79. The van der Waals surface area contributed by atoms with Crippen molar-refractivity contribution in [2.75, 3.05) is 26.4 Å². The molecule has 0 aromatic carbocycles. The van der Waals surface area contributed by atoms with E-state index in [2.05, 4.69) is 125 Å². The number of rotatable bonds is 37. The van der Waals surface area contributed by atoms with E-state index in [1.165, 1.54) is 77.0 Å². The average Bonchev–Trinajstić information content (AvgIpc) is 1.56. The summed E-state index contributed by atoms with van der Waals surface area (Å²) in [6.07, 6.45) is 33.2. The molecule has 5 aliphatic carbocycles. The van der Waals surface area contributed by atoms with Gasteiger partial charge in [0.25, 0.3) is 0 Å². The van der Waals surface area contributed by atoms with E-state index >= 15 is 0 Å². The minimum Gasteiger partial charge on any atom is -0.465 e. The summed E-state index contributed by atoms with van der Waals surface area (Å²) in [5, 5.41) is 0. The van der Waals surface area contributed by atoms with Crippen LogP contribution < -0.4 is 0 Å². The molecule has 5 fully saturated rings. The van der Waals surface area contributed by atoms with E-state index in [1.54, 1.807) is 0 Å². The molecule has 5 saturated carbocycles. The third kappa shape index (κ3) is 46.5. The molecule has 5 rings (SSSR count). The summed E-state index contributed by atoms with van der Waals surface area (Å²) >= 11 is 0. The number of fused-ring (bicyclic) bond motifs is 2. The lowest BCUT2D eigenvalue weighted by Gasteiger charge is -2.44. The first-order chi connectivity index (χ1) is 57.9. The van der Waals surface area contributed by atoms with Gasteiger partial charge in [0.1, 0.15) is 24.4 Å². The second-order valence-electron chi connectivity index (χ2n) is 48.9. The molecule has 16 nitrogen and oxygen atoms in total. The first kappa shape index (κ1) is 127. The molecule has 0 saturated heterocycles. The summed E-state index contributed by atoms with van der Waals surface area (Å²) in [6.45, 7) is 94.4. The van der Waals surface area contributed by atoms with Gasteiger partial charge >= 0.3 is 47.8 Å². The SMILES string of the molecule is CCC(C)(C)C(=O)OC1CC(C)(C)CC(C)(C)C1.CCC(C)(C)C(=O)OC1CC(C)(C)CCC1C.CCC(C)(C)C(=O)OC1CC2CCC1(C)C2(C)C.CCC(C)(C)C(=O)OC1CCC(C(C)(C)C)CC1.CCC(C)(C)C(=O)OCC(C)C.CCCCC(CC)COC(=O)C(C)(C)CC.CCCCC(CC)COC(=O)C(C)(C)CC.CCCCOC(=O)C(C)(C)CC. The third-order valence-corrected chi connectivity index (χ3v) is 30.6. The zero-order valence-electron chi connectivity index (χ0n) is 92.1. The summed E-state index contributed by atoms with van der Waals surface area (Å²) in [7, 11) is 0. The summed E-state index contributed by atoms with van der Waals surface area (Å²) in [5.41, 5.74) is -0.950. The van der Waals surface area contributed by atoms with Crippen LogP contribution in [0.15, 0.2) is 0 Å². The highest BCUT2D eigenvalue weighted by atomic mass is 16.6. The highest BCUT2D eigenvalue weighted by Gasteiger charge is 2.63. The number of carbonyl (C=O) groups is 8. The van der Waals surface area contributed by atoms with Crippen molar-refractivity contribution in [3.63, 3.8) is 0 Å². The van der Waals surface area contributed by atoms with Crippen LogP contribution in [0, 0.1) is 111 Å². The molecule has 7 unspecified atom stereocenters. The lowest BCUT2D eigenvalue weighted by Crippen LogP contribution is -2.40. The van der Waals surface area contributed by atoms with E-state index in [0.29, 0.717) is 66.3 Å². The topological polar surface area (TPSA) is 210 Å². The van der Waals surface area contributed by atoms with Crippen LogP contribution in [0.4, 0.5) is 0 Å². The second-order valence-corrected chi connectivity index (χ2v) is 48.9. The van der Waals surface area contributed by atoms with Crippen LogP contribution >= 0.6 is 0 Å². The predicted octanol–water partition coefficient (Wildman–Crippen LogP) is 31.3. The Morgan fingerprint density at radius 2 is 0.669 bits per heavy atom. The van der Waals surface area contributed by atoms with Crippen LogP contribution in [-0.2, 0) is 76.3 Å². The molecule has 0 N–H and O–H groups in total. The van der Waals surface area contributed by atoms with Crippen molar-refractivity contribution in [2.45, 2.75) is 528 Å². The van der Waals surface area contributed by atoms with Crippen LogP contribution in [0.3, 0.4) is 0 Å². The van der Waals surface area contributed by atoms with Crippen molar-refractivity contribution in [2.24, 2.45) is 111 Å². The van der Waals surface area contributed by atoms with Gasteiger partial charge in [0.05, 0.1) is 69.7 Å². The van der Waals surface area contributed by atoms with Crippen molar-refractivity contribution in [3.05, 3.63) is 0 Å². The zero-order chi connectivity index (χ0) is 99.8. The predicted molar refractivity (Wildman–Crippen MR) is 531 cm³/mol. The molecule has 0 aromatic heterocycles. The van der Waals surface area contributed by atoms with Gasteiger partial charge < -0.3 is 37.9 Å². The number of carbonyl (C=O) groups excluding carboxylic acids is 8. The number of hydrogen-bond acceptors (Lipinski definition) is 16. The zero-order valence-corrected chi connectivity index (χ0v) is 92.1. The molecule has 0 amide bonds. The smallest absolute Gasteiger partial charge is 0.311 e. The summed E-state index contributed by atoms with van der Waals surface area (Å²) < 4.78 is 44.1. The molecule has 127 heavy (non-hydrogen) atoms. The van der Waals surface area contributed by atoms with Crippen LogP contribution in [-0.4, -0.2) is 98.6 Å². The van der Waals surface area contributed by atoms with Gasteiger partial charge in [0.15, 0.2) is 0 Å². The third-order valence-electron chi connectivity index (χ3n) is 30.6. The largest absolute Gasteiger partial charge is 0.465 e. The van der Waals surface area contributed by atoms with Crippen molar-refractivity contribution in [1.82, 2.24) is 0 Å². The average molecular weight is 1800 g/mol. The van der Waals surface area contributed by atoms with E-state index in [4.69, 9.17) is 37.9 Å². The Morgan fingerprint density at radius 1 is 0.346 bits per heavy atom. The Kier molecular flexibility index (Phi) is 56.8. The van der Waals surface area contributed by atoms with Crippen molar-refractivity contribution in [1.29, 1.82) is 0 Å². The molecule has 0 heterocycles. The molecule has 5 aliphatic rings. The van der Waals surface area contributed by atoms with Gasteiger partial charge in [-0.1, -0.05) is 239 Å². The fraction of sp³-hybridized carbons (Fsp3) is 0.928. The monoisotopic (exact) mass is 1800 g/mol. The molecule has 0 aromatic rings. The summed E-state index contributed by atoms with van der Waals surface area (Å²) in [5.74, 6) is 3.12. The lowest BCUT2D eigenvalue weighted by atomic mass is 9.64. The maximum atomic E-state index is 12.3. The van der Waals surface area contributed by atoms with Crippen molar-refractivity contribution in [3.8, 4) is 0 Å². The molecule has 2 bridgehead atoms.